The van der Waals surface area contributed by atoms with Gasteiger partial charge in [0.05, 0.1) is 30.8 Å². The average Bonchev–Trinajstić information content (AvgIpc) is 3.13. The minimum atomic E-state index is -0.664. The summed E-state index contributed by atoms with van der Waals surface area (Å²) in [6.45, 7) is 0. The first kappa shape index (κ1) is 28.8. The largest absolute Gasteiger partial charge is 0.465 e. The van der Waals surface area contributed by atoms with Crippen molar-refractivity contribution in [2.45, 2.75) is 5.41 Å². The second-order valence-corrected chi connectivity index (χ2v) is 11.3. The van der Waals surface area contributed by atoms with Crippen molar-refractivity contribution in [2.75, 3.05) is 19.5 Å². The Morgan fingerprint density at radius 3 is 1.22 bits per heavy atom. The normalized spacial score (nSPS) is 12.7. The van der Waals surface area contributed by atoms with Crippen molar-refractivity contribution in [3.05, 3.63) is 179 Å². The Kier molecular flexibility index (Phi) is 7.43. The van der Waals surface area contributed by atoms with Crippen LogP contribution < -0.4 is 5.32 Å². The first-order valence-electron chi connectivity index (χ1n) is 15.1. The Balaban J connectivity index is 1.47. The van der Waals surface area contributed by atoms with Crippen LogP contribution in [-0.2, 0) is 14.9 Å². The summed E-state index contributed by atoms with van der Waals surface area (Å²) in [7, 11) is 2.78. The number of hydrogen-bond acceptors (Lipinski definition) is 5. The van der Waals surface area contributed by atoms with Gasteiger partial charge in [-0.1, -0.05) is 97.1 Å². The molecule has 0 spiro atoms. The van der Waals surface area contributed by atoms with E-state index in [1.54, 1.807) is 24.3 Å². The van der Waals surface area contributed by atoms with Crippen LogP contribution in [0.3, 0.4) is 0 Å². The zero-order valence-electron chi connectivity index (χ0n) is 25.5. The van der Waals surface area contributed by atoms with E-state index >= 15 is 0 Å². The second-order valence-electron chi connectivity index (χ2n) is 11.3. The van der Waals surface area contributed by atoms with Gasteiger partial charge in [0.2, 0.25) is 0 Å². The maximum atomic E-state index is 12.1. The third kappa shape index (κ3) is 4.83. The molecular formula is C41H31NO4. The Morgan fingerprint density at radius 1 is 0.478 bits per heavy atom. The van der Waals surface area contributed by atoms with Crippen molar-refractivity contribution < 1.29 is 19.1 Å². The SMILES string of the molecule is COC(=O)c1ccc(-c2ccc3c(c2)C(c2ccccc2)(c2ccccc2)c2cc(-c4ccc(C(=O)OC)cc4)ccc2N3)cc1. The van der Waals surface area contributed by atoms with E-state index in [1.165, 1.54) is 14.2 Å². The third-order valence-corrected chi connectivity index (χ3v) is 8.81. The lowest BCUT2D eigenvalue weighted by molar-refractivity contribution is 0.0592. The van der Waals surface area contributed by atoms with Gasteiger partial charge in [-0.15, -0.1) is 0 Å². The van der Waals surface area contributed by atoms with Gasteiger partial charge in [-0.2, -0.15) is 0 Å². The van der Waals surface area contributed by atoms with Gasteiger partial charge >= 0.3 is 11.9 Å². The molecule has 5 nitrogen and oxygen atoms in total. The summed E-state index contributed by atoms with van der Waals surface area (Å²) < 4.78 is 9.82. The molecule has 0 aliphatic carbocycles. The van der Waals surface area contributed by atoms with Crippen LogP contribution >= 0.6 is 0 Å². The number of hydrogen-bond donors (Lipinski definition) is 1. The minimum Gasteiger partial charge on any atom is -0.465 e. The molecule has 0 fully saturated rings. The maximum Gasteiger partial charge on any atom is 0.337 e. The average molecular weight is 602 g/mol. The van der Waals surface area contributed by atoms with Crippen molar-refractivity contribution >= 4 is 23.3 Å². The molecule has 46 heavy (non-hydrogen) atoms. The first-order valence-corrected chi connectivity index (χ1v) is 15.1. The predicted molar refractivity (Wildman–Crippen MR) is 182 cm³/mol. The highest BCUT2D eigenvalue weighted by molar-refractivity contribution is 5.91. The summed E-state index contributed by atoms with van der Waals surface area (Å²) in [5, 5.41) is 3.73. The van der Waals surface area contributed by atoms with Gasteiger partial charge in [-0.05, 0) is 93.0 Å². The van der Waals surface area contributed by atoms with Crippen LogP contribution in [0, 0.1) is 0 Å². The number of rotatable bonds is 6. The van der Waals surface area contributed by atoms with Gasteiger partial charge < -0.3 is 14.8 Å². The highest BCUT2D eigenvalue weighted by atomic mass is 16.5. The van der Waals surface area contributed by atoms with E-state index < -0.39 is 5.41 Å². The fourth-order valence-electron chi connectivity index (χ4n) is 6.57. The van der Waals surface area contributed by atoms with Crippen molar-refractivity contribution in [1.82, 2.24) is 0 Å². The third-order valence-electron chi connectivity index (χ3n) is 8.81. The van der Waals surface area contributed by atoms with Crippen LogP contribution in [0.15, 0.2) is 146 Å². The summed E-state index contributed by atoms with van der Waals surface area (Å²) >= 11 is 0. The van der Waals surface area contributed by atoms with Crippen LogP contribution in [-0.4, -0.2) is 26.2 Å². The quantitative estimate of drug-likeness (QED) is 0.193. The summed E-state index contributed by atoms with van der Waals surface area (Å²) in [5.41, 5.74) is 11.0. The molecule has 0 unspecified atom stereocenters. The topological polar surface area (TPSA) is 64.6 Å². The van der Waals surface area contributed by atoms with Crippen LogP contribution in [0.1, 0.15) is 43.0 Å². The molecule has 0 saturated carbocycles. The van der Waals surface area contributed by atoms with Crippen LogP contribution in [0.25, 0.3) is 22.3 Å². The lowest BCUT2D eigenvalue weighted by atomic mass is 9.62. The number of methoxy groups -OCH3 is 2. The molecule has 0 amide bonds. The Bertz CT molecular complexity index is 1900. The Hall–Kier alpha value is -5.94. The lowest BCUT2D eigenvalue weighted by Crippen LogP contribution is -2.35. The molecule has 1 aliphatic heterocycles. The number of fused-ring (bicyclic) bond motifs is 2. The highest BCUT2D eigenvalue weighted by Gasteiger charge is 2.44. The van der Waals surface area contributed by atoms with E-state index in [4.69, 9.17) is 9.47 Å². The summed E-state index contributed by atoms with van der Waals surface area (Å²) in [4.78, 5) is 24.2. The standard InChI is InChI=1S/C41H31NO4/c1-45-39(43)29-17-13-27(14-18-29)31-21-23-37-35(25-31)41(33-9-5-3-6-10-33,34-11-7-4-8-12-34)36-26-32(22-24-38(36)42-37)28-15-19-30(20-16-28)40(44)46-2/h3-26,42H,1-2H3. The summed E-state index contributed by atoms with van der Waals surface area (Å²) in [6.07, 6.45) is 0. The molecule has 6 aromatic rings. The monoisotopic (exact) mass is 601 g/mol. The van der Waals surface area contributed by atoms with Crippen LogP contribution in [0.2, 0.25) is 0 Å². The Labute approximate surface area is 268 Å². The molecule has 6 aromatic carbocycles. The number of esters is 2. The molecular weight excluding hydrogens is 570 g/mol. The molecule has 224 valence electrons. The molecule has 5 heteroatoms. The van der Waals surface area contributed by atoms with Crippen molar-refractivity contribution in [3.63, 3.8) is 0 Å². The number of carbonyl (C=O) groups excluding carboxylic acids is 2. The smallest absolute Gasteiger partial charge is 0.337 e. The first-order chi connectivity index (χ1) is 22.5. The molecule has 0 bridgehead atoms. The molecule has 1 heterocycles. The highest BCUT2D eigenvalue weighted by Crippen LogP contribution is 2.54. The van der Waals surface area contributed by atoms with Crippen LogP contribution in [0.4, 0.5) is 11.4 Å². The molecule has 1 aliphatic rings. The number of anilines is 2. The number of ether oxygens (including phenoxy) is 2. The predicted octanol–water partition coefficient (Wildman–Crippen LogP) is 9.03. The van der Waals surface area contributed by atoms with Crippen LogP contribution in [0.5, 0.6) is 0 Å². The molecule has 0 radical (unpaired) electrons. The van der Waals surface area contributed by atoms with E-state index in [2.05, 4.69) is 90.2 Å². The second kappa shape index (κ2) is 11.9. The van der Waals surface area contributed by atoms with Gasteiger partial charge in [0.25, 0.3) is 0 Å². The number of nitrogens with one attached hydrogen (secondary N) is 1. The summed E-state index contributed by atoms with van der Waals surface area (Å²) in [6, 6.07) is 49.3. The fourth-order valence-corrected chi connectivity index (χ4v) is 6.57. The minimum absolute atomic E-state index is 0.360. The van der Waals surface area contributed by atoms with Gasteiger partial charge in [-0.25, -0.2) is 9.59 Å². The molecule has 0 aromatic heterocycles. The molecule has 0 atom stereocenters. The zero-order valence-corrected chi connectivity index (χ0v) is 25.5. The molecule has 0 saturated heterocycles. The van der Waals surface area contributed by atoms with E-state index in [-0.39, 0.29) is 11.9 Å². The Morgan fingerprint density at radius 2 is 0.848 bits per heavy atom. The summed E-state index contributed by atoms with van der Waals surface area (Å²) in [5.74, 6) is -0.721. The van der Waals surface area contributed by atoms with E-state index in [0.717, 1.165) is 55.9 Å². The molecule has 7 rings (SSSR count). The van der Waals surface area contributed by atoms with Gasteiger partial charge in [0.1, 0.15) is 0 Å². The maximum absolute atomic E-state index is 12.1. The van der Waals surface area contributed by atoms with Crippen molar-refractivity contribution in [1.29, 1.82) is 0 Å². The number of carbonyl (C=O) groups is 2. The van der Waals surface area contributed by atoms with E-state index in [1.807, 2.05) is 36.4 Å². The molecule has 1 N–H and O–H groups in total. The van der Waals surface area contributed by atoms with Crippen molar-refractivity contribution in [2.24, 2.45) is 0 Å². The number of benzene rings is 6. The van der Waals surface area contributed by atoms with E-state index in [0.29, 0.717) is 11.1 Å². The zero-order chi connectivity index (χ0) is 31.7. The van der Waals surface area contributed by atoms with Gasteiger partial charge in [0.15, 0.2) is 0 Å². The van der Waals surface area contributed by atoms with Crippen molar-refractivity contribution in [3.8, 4) is 22.3 Å². The van der Waals surface area contributed by atoms with E-state index in [9.17, 15) is 9.59 Å². The van der Waals surface area contributed by atoms with Gasteiger partial charge in [-0.3, -0.25) is 0 Å². The van der Waals surface area contributed by atoms with Gasteiger partial charge in [0, 0.05) is 11.4 Å². The lowest BCUT2D eigenvalue weighted by Gasteiger charge is -2.43. The fraction of sp³-hybridized carbons (Fsp3) is 0.0732.